The molecule has 0 spiro atoms. The van der Waals surface area contributed by atoms with Crippen molar-refractivity contribution in [3.05, 3.63) is 71.4 Å². The molecule has 0 fully saturated rings. The number of esters is 2. The number of ether oxygens (including phenoxy) is 2. The van der Waals surface area contributed by atoms with Crippen molar-refractivity contribution < 1.29 is 23.9 Å². The number of H-pyrrole nitrogens is 1. The second kappa shape index (κ2) is 9.05. The second-order valence-electron chi connectivity index (χ2n) is 6.42. The summed E-state index contributed by atoms with van der Waals surface area (Å²) in [6.45, 7) is 2.02. The molecule has 3 rings (SSSR count). The van der Waals surface area contributed by atoms with Crippen molar-refractivity contribution >= 4 is 28.7 Å². The van der Waals surface area contributed by atoms with Gasteiger partial charge < -0.3 is 19.8 Å². The van der Waals surface area contributed by atoms with E-state index in [9.17, 15) is 14.4 Å². The largest absolute Gasteiger partial charge is 0.469 e. The monoisotopic (exact) mass is 394 g/mol. The van der Waals surface area contributed by atoms with Gasteiger partial charge in [-0.2, -0.15) is 0 Å². The SMILES string of the molecule is CCOC(=O)c1cc2cc(C(=O)N[C@@H](CC(=O)OC)c3ccccc3)ccc2[nH]1. The van der Waals surface area contributed by atoms with Gasteiger partial charge in [0.2, 0.25) is 0 Å². The van der Waals surface area contributed by atoms with Gasteiger partial charge in [-0.05, 0) is 36.8 Å². The van der Waals surface area contributed by atoms with Crippen LogP contribution in [-0.2, 0) is 14.3 Å². The van der Waals surface area contributed by atoms with Crippen molar-refractivity contribution in [1.82, 2.24) is 10.3 Å². The van der Waals surface area contributed by atoms with Crippen molar-refractivity contribution in [2.24, 2.45) is 0 Å². The minimum atomic E-state index is -0.520. The third-order valence-electron chi connectivity index (χ3n) is 4.48. The van der Waals surface area contributed by atoms with Gasteiger partial charge in [-0.3, -0.25) is 9.59 Å². The third-order valence-corrected chi connectivity index (χ3v) is 4.48. The van der Waals surface area contributed by atoms with E-state index < -0.39 is 18.0 Å². The number of aromatic nitrogens is 1. The summed E-state index contributed by atoms with van der Waals surface area (Å²) in [6.07, 6.45) is 0.0195. The number of fused-ring (bicyclic) bond motifs is 1. The lowest BCUT2D eigenvalue weighted by Gasteiger charge is -2.18. The number of nitrogens with one attached hydrogen (secondary N) is 2. The van der Waals surface area contributed by atoms with Crippen LogP contribution in [0.25, 0.3) is 10.9 Å². The molecule has 0 aliphatic carbocycles. The minimum Gasteiger partial charge on any atom is -0.469 e. The van der Waals surface area contributed by atoms with Crippen LogP contribution in [0.1, 0.15) is 45.8 Å². The molecule has 150 valence electrons. The quantitative estimate of drug-likeness (QED) is 0.599. The average molecular weight is 394 g/mol. The van der Waals surface area contributed by atoms with Gasteiger partial charge in [0.1, 0.15) is 5.69 Å². The van der Waals surface area contributed by atoms with Crippen LogP contribution in [0.5, 0.6) is 0 Å². The van der Waals surface area contributed by atoms with Gasteiger partial charge in [0, 0.05) is 16.5 Å². The van der Waals surface area contributed by atoms with E-state index in [0.717, 1.165) is 11.1 Å². The fraction of sp³-hybridized carbons (Fsp3) is 0.227. The van der Waals surface area contributed by atoms with E-state index in [1.54, 1.807) is 31.2 Å². The Balaban J connectivity index is 1.82. The van der Waals surface area contributed by atoms with Crippen LogP contribution >= 0.6 is 0 Å². The molecule has 2 aromatic carbocycles. The molecule has 0 bridgehead atoms. The van der Waals surface area contributed by atoms with E-state index in [-0.39, 0.29) is 18.9 Å². The molecule has 3 aromatic rings. The molecule has 1 aromatic heterocycles. The lowest BCUT2D eigenvalue weighted by molar-refractivity contribution is -0.141. The van der Waals surface area contributed by atoms with Gasteiger partial charge >= 0.3 is 11.9 Å². The number of amides is 1. The van der Waals surface area contributed by atoms with Crippen LogP contribution in [-0.4, -0.2) is 36.5 Å². The summed E-state index contributed by atoms with van der Waals surface area (Å²) in [4.78, 5) is 39.5. The summed E-state index contributed by atoms with van der Waals surface area (Å²) >= 11 is 0. The number of benzene rings is 2. The van der Waals surface area contributed by atoms with Crippen LogP contribution in [0.4, 0.5) is 0 Å². The Morgan fingerprint density at radius 1 is 1.07 bits per heavy atom. The van der Waals surface area contributed by atoms with Gasteiger partial charge in [0.25, 0.3) is 5.91 Å². The molecular formula is C22H22N2O5. The van der Waals surface area contributed by atoms with Crippen molar-refractivity contribution in [1.29, 1.82) is 0 Å². The van der Waals surface area contributed by atoms with Crippen molar-refractivity contribution in [2.45, 2.75) is 19.4 Å². The summed E-state index contributed by atoms with van der Waals surface area (Å²) in [5, 5.41) is 3.60. The maximum absolute atomic E-state index is 12.8. The fourth-order valence-corrected chi connectivity index (χ4v) is 3.02. The molecule has 1 atom stereocenters. The maximum Gasteiger partial charge on any atom is 0.354 e. The highest BCUT2D eigenvalue weighted by atomic mass is 16.5. The number of rotatable bonds is 7. The fourth-order valence-electron chi connectivity index (χ4n) is 3.02. The molecule has 1 heterocycles. The summed E-state index contributed by atoms with van der Waals surface area (Å²) < 4.78 is 9.75. The van der Waals surface area contributed by atoms with Gasteiger partial charge in [-0.15, -0.1) is 0 Å². The Morgan fingerprint density at radius 2 is 1.83 bits per heavy atom. The molecule has 0 saturated heterocycles. The number of carbonyl (C=O) groups is 3. The lowest BCUT2D eigenvalue weighted by atomic mass is 10.0. The Labute approximate surface area is 168 Å². The predicted octanol–water partition coefficient (Wildman–Crippen LogP) is 3.38. The second-order valence-corrected chi connectivity index (χ2v) is 6.42. The standard InChI is InChI=1S/C22H22N2O5/c1-3-29-22(27)19-12-16-11-15(9-10-17(16)23-19)21(26)24-18(13-20(25)28-2)14-7-5-4-6-8-14/h4-12,18,23H,3,13H2,1-2H3,(H,24,26)/t18-/m0/s1. The Morgan fingerprint density at radius 3 is 2.52 bits per heavy atom. The summed E-state index contributed by atoms with van der Waals surface area (Å²) in [6, 6.07) is 15.4. The molecule has 0 radical (unpaired) electrons. The molecule has 2 N–H and O–H groups in total. The Bertz CT molecular complexity index is 1030. The molecule has 29 heavy (non-hydrogen) atoms. The topological polar surface area (TPSA) is 97.5 Å². The third kappa shape index (κ3) is 4.82. The van der Waals surface area contributed by atoms with Crippen LogP contribution in [0, 0.1) is 0 Å². The first-order valence-corrected chi connectivity index (χ1v) is 9.24. The molecule has 0 saturated carbocycles. The zero-order valence-corrected chi connectivity index (χ0v) is 16.2. The molecular weight excluding hydrogens is 372 g/mol. The highest BCUT2D eigenvalue weighted by Crippen LogP contribution is 2.21. The Hall–Kier alpha value is -3.61. The highest BCUT2D eigenvalue weighted by Gasteiger charge is 2.20. The smallest absolute Gasteiger partial charge is 0.354 e. The van der Waals surface area contributed by atoms with E-state index in [2.05, 4.69) is 10.3 Å². The van der Waals surface area contributed by atoms with E-state index in [1.807, 2.05) is 30.3 Å². The Kier molecular flexibility index (Phi) is 6.29. The molecule has 7 nitrogen and oxygen atoms in total. The summed E-state index contributed by atoms with van der Waals surface area (Å²) in [5.41, 5.74) is 2.27. The normalized spacial score (nSPS) is 11.7. The first-order chi connectivity index (χ1) is 14.0. The van der Waals surface area contributed by atoms with Gasteiger partial charge in [-0.1, -0.05) is 30.3 Å². The minimum absolute atomic E-state index is 0.0195. The van der Waals surface area contributed by atoms with Gasteiger partial charge in [0.15, 0.2) is 0 Å². The summed E-state index contributed by atoms with van der Waals surface area (Å²) in [7, 11) is 1.31. The van der Waals surface area contributed by atoms with E-state index >= 15 is 0 Å². The zero-order valence-electron chi connectivity index (χ0n) is 16.2. The highest BCUT2D eigenvalue weighted by molar-refractivity contribution is 6.00. The first-order valence-electron chi connectivity index (χ1n) is 9.24. The molecule has 7 heteroatoms. The molecule has 0 aliphatic rings. The molecule has 1 amide bonds. The van der Waals surface area contributed by atoms with Crippen molar-refractivity contribution in [3.8, 4) is 0 Å². The van der Waals surface area contributed by atoms with Crippen molar-refractivity contribution in [3.63, 3.8) is 0 Å². The van der Waals surface area contributed by atoms with Crippen LogP contribution in [0.15, 0.2) is 54.6 Å². The first kappa shape index (κ1) is 20.1. The van der Waals surface area contributed by atoms with Gasteiger partial charge in [-0.25, -0.2) is 4.79 Å². The lowest BCUT2D eigenvalue weighted by Crippen LogP contribution is -2.30. The van der Waals surface area contributed by atoms with Crippen LogP contribution in [0.2, 0.25) is 0 Å². The molecule has 0 unspecified atom stereocenters. The van der Waals surface area contributed by atoms with E-state index in [0.29, 0.717) is 16.6 Å². The van der Waals surface area contributed by atoms with Crippen molar-refractivity contribution in [2.75, 3.05) is 13.7 Å². The van der Waals surface area contributed by atoms with Crippen LogP contribution in [0.3, 0.4) is 0 Å². The summed E-state index contributed by atoms with van der Waals surface area (Å²) in [5.74, 6) is -1.19. The van der Waals surface area contributed by atoms with Crippen LogP contribution < -0.4 is 5.32 Å². The zero-order chi connectivity index (χ0) is 20.8. The average Bonchev–Trinajstić information content (AvgIpc) is 3.17. The molecule has 0 aliphatic heterocycles. The van der Waals surface area contributed by atoms with E-state index in [1.165, 1.54) is 7.11 Å². The van der Waals surface area contributed by atoms with Gasteiger partial charge in [0.05, 0.1) is 26.2 Å². The number of hydrogen-bond donors (Lipinski definition) is 2. The maximum atomic E-state index is 12.8. The predicted molar refractivity (Wildman–Crippen MR) is 108 cm³/mol. The number of hydrogen-bond acceptors (Lipinski definition) is 5. The number of carbonyl (C=O) groups excluding carboxylic acids is 3. The number of aromatic amines is 1. The number of methoxy groups -OCH3 is 1. The van der Waals surface area contributed by atoms with E-state index in [4.69, 9.17) is 9.47 Å².